The van der Waals surface area contributed by atoms with Crippen LogP contribution in [-0.2, 0) is 0 Å². The molecule has 3 heterocycles. The van der Waals surface area contributed by atoms with E-state index >= 15 is 0 Å². The van der Waals surface area contributed by atoms with Gasteiger partial charge in [-0.3, -0.25) is 9.20 Å². The lowest BCUT2D eigenvalue weighted by atomic mass is 10.1. The third-order valence-corrected chi connectivity index (χ3v) is 5.32. The van der Waals surface area contributed by atoms with Crippen LogP contribution in [0.15, 0.2) is 47.2 Å². The van der Waals surface area contributed by atoms with Crippen molar-refractivity contribution in [3.63, 3.8) is 0 Å². The molecule has 0 radical (unpaired) electrons. The first-order valence-electron chi connectivity index (χ1n) is 6.84. The van der Waals surface area contributed by atoms with Gasteiger partial charge in [-0.1, -0.05) is 35.9 Å². The first kappa shape index (κ1) is 13.4. The largest absolute Gasteiger partial charge is 0.296 e. The molecule has 0 fully saturated rings. The maximum Gasteiger partial charge on any atom is 0.195 e. The Morgan fingerprint density at radius 3 is 2.64 bits per heavy atom. The van der Waals surface area contributed by atoms with E-state index in [1.807, 2.05) is 21.9 Å². The highest BCUT2D eigenvalue weighted by Crippen LogP contribution is 2.33. The molecule has 0 spiro atoms. The number of benzene rings is 1. The SMILES string of the molecule is Cc1ccc(-c2csc3nc(-c4cccs4)c(C=O)n23)cc1. The molecular weight excluding hydrogens is 312 g/mol. The van der Waals surface area contributed by atoms with Gasteiger partial charge in [0.25, 0.3) is 0 Å². The van der Waals surface area contributed by atoms with Crippen LogP contribution in [0.1, 0.15) is 16.1 Å². The van der Waals surface area contributed by atoms with Crippen LogP contribution < -0.4 is 0 Å². The van der Waals surface area contributed by atoms with Crippen LogP contribution in [0.2, 0.25) is 0 Å². The Bertz CT molecular complexity index is 947. The van der Waals surface area contributed by atoms with Crippen molar-refractivity contribution >= 4 is 33.9 Å². The summed E-state index contributed by atoms with van der Waals surface area (Å²) in [5.74, 6) is 0. The molecule has 0 atom stereocenters. The van der Waals surface area contributed by atoms with E-state index in [2.05, 4.69) is 41.6 Å². The van der Waals surface area contributed by atoms with Gasteiger partial charge in [0.15, 0.2) is 11.2 Å². The van der Waals surface area contributed by atoms with E-state index in [-0.39, 0.29) is 0 Å². The lowest BCUT2D eigenvalue weighted by molar-refractivity contribution is 0.111. The van der Waals surface area contributed by atoms with Crippen molar-refractivity contribution in [1.29, 1.82) is 0 Å². The number of aldehydes is 1. The number of thiazole rings is 1. The Hall–Kier alpha value is -2.24. The number of fused-ring (bicyclic) bond motifs is 1. The summed E-state index contributed by atoms with van der Waals surface area (Å²) in [6.07, 6.45) is 0.902. The highest BCUT2D eigenvalue weighted by atomic mass is 32.1. The molecule has 108 valence electrons. The minimum Gasteiger partial charge on any atom is -0.296 e. The lowest BCUT2D eigenvalue weighted by Gasteiger charge is -2.02. The first-order chi connectivity index (χ1) is 10.8. The third kappa shape index (κ3) is 2.01. The van der Waals surface area contributed by atoms with Crippen molar-refractivity contribution in [2.45, 2.75) is 6.92 Å². The number of hydrogen-bond acceptors (Lipinski definition) is 4. The molecule has 0 aliphatic heterocycles. The molecule has 3 aromatic heterocycles. The van der Waals surface area contributed by atoms with Gasteiger partial charge in [-0.05, 0) is 23.9 Å². The average molecular weight is 324 g/mol. The van der Waals surface area contributed by atoms with Crippen molar-refractivity contribution in [2.75, 3.05) is 0 Å². The van der Waals surface area contributed by atoms with Gasteiger partial charge in [0, 0.05) is 5.38 Å². The highest BCUT2D eigenvalue weighted by Gasteiger charge is 2.18. The second kappa shape index (κ2) is 5.19. The fraction of sp³-hybridized carbons (Fsp3) is 0.0588. The van der Waals surface area contributed by atoms with Crippen LogP contribution in [0.25, 0.3) is 26.8 Å². The van der Waals surface area contributed by atoms with Crippen molar-refractivity contribution < 1.29 is 4.79 Å². The van der Waals surface area contributed by atoms with E-state index in [0.717, 1.165) is 33.1 Å². The zero-order valence-electron chi connectivity index (χ0n) is 11.8. The smallest absolute Gasteiger partial charge is 0.195 e. The molecule has 5 heteroatoms. The van der Waals surface area contributed by atoms with E-state index < -0.39 is 0 Å². The number of carbonyl (C=O) groups is 1. The topological polar surface area (TPSA) is 34.4 Å². The average Bonchev–Trinajstić information content (AvgIpc) is 3.23. The molecule has 4 rings (SSSR count). The Balaban J connectivity index is 1.98. The van der Waals surface area contributed by atoms with Crippen molar-refractivity contribution in [3.05, 3.63) is 58.4 Å². The fourth-order valence-corrected chi connectivity index (χ4v) is 4.14. The predicted molar refractivity (Wildman–Crippen MR) is 91.9 cm³/mol. The van der Waals surface area contributed by atoms with Gasteiger partial charge in [-0.15, -0.1) is 22.7 Å². The molecule has 0 aliphatic rings. The molecule has 1 aromatic carbocycles. The van der Waals surface area contributed by atoms with Gasteiger partial charge < -0.3 is 0 Å². The number of hydrogen-bond donors (Lipinski definition) is 0. The second-order valence-electron chi connectivity index (χ2n) is 5.05. The number of imidazole rings is 1. The van der Waals surface area contributed by atoms with Crippen LogP contribution in [0.3, 0.4) is 0 Å². The zero-order valence-corrected chi connectivity index (χ0v) is 13.4. The number of aromatic nitrogens is 2. The summed E-state index contributed by atoms with van der Waals surface area (Å²) in [5.41, 5.74) is 4.71. The Kier molecular flexibility index (Phi) is 3.17. The quantitative estimate of drug-likeness (QED) is 0.502. The van der Waals surface area contributed by atoms with E-state index in [1.54, 1.807) is 22.7 Å². The maximum absolute atomic E-state index is 11.7. The van der Waals surface area contributed by atoms with Gasteiger partial charge in [0.1, 0.15) is 11.4 Å². The number of aryl methyl sites for hydroxylation is 1. The monoisotopic (exact) mass is 324 g/mol. The number of thiophene rings is 1. The van der Waals surface area contributed by atoms with Gasteiger partial charge >= 0.3 is 0 Å². The Morgan fingerprint density at radius 2 is 1.95 bits per heavy atom. The third-order valence-electron chi connectivity index (χ3n) is 3.61. The normalized spacial score (nSPS) is 11.1. The predicted octanol–water partition coefficient (Wildman–Crippen LogP) is 4.91. The van der Waals surface area contributed by atoms with Crippen LogP contribution in [0.5, 0.6) is 0 Å². The summed E-state index contributed by atoms with van der Waals surface area (Å²) in [5, 5.41) is 4.05. The van der Waals surface area contributed by atoms with Crippen molar-refractivity contribution in [3.8, 4) is 21.8 Å². The van der Waals surface area contributed by atoms with Crippen LogP contribution in [-0.4, -0.2) is 15.7 Å². The molecule has 0 N–H and O–H groups in total. The zero-order chi connectivity index (χ0) is 15.1. The van der Waals surface area contributed by atoms with Gasteiger partial charge in [-0.2, -0.15) is 0 Å². The summed E-state index contributed by atoms with van der Waals surface area (Å²) in [6.45, 7) is 2.07. The van der Waals surface area contributed by atoms with Crippen molar-refractivity contribution in [2.24, 2.45) is 0 Å². The fourth-order valence-electron chi connectivity index (χ4n) is 2.51. The van der Waals surface area contributed by atoms with Crippen LogP contribution in [0.4, 0.5) is 0 Å². The number of rotatable bonds is 3. The number of carbonyl (C=O) groups excluding carboxylic acids is 1. The second-order valence-corrected chi connectivity index (χ2v) is 6.83. The van der Waals surface area contributed by atoms with E-state index in [1.165, 1.54) is 5.56 Å². The first-order valence-corrected chi connectivity index (χ1v) is 8.60. The maximum atomic E-state index is 11.7. The van der Waals surface area contributed by atoms with E-state index in [0.29, 0.717) is 5.69 Å². The summed E-state index contributed by atoms with van der Waals surface area (Å²) in [6, 6.07) is 12.3. The van der Waals surface area contributed by atoms with Crippen LogP contribution in [0, 0.1) is 6.92 Å². The van der Waals surface area contributed by atoms with Gasteiger partial charge in [0.05, 0.1) is 10.6 Å². The molecule has 0 unspecified atom stereocenters. The molecule has 0 saturated carbocycles. The molecular formula is C17H12N2OS2. The molecule has 22 heavy (non-hydrogen) atoms. The standard InChI is InChI=1S/C17H12N2OS2/c1-11-4-6-12(7-5-11)14-10-22-17-18-16(13(9-20)19(14)17)15-3-2-8-21-15/h2-10H,1H3. The number of nitrogens with zero attached hydrogens (tertiary/aromatic N) is 2. The van der Waals surface area contributed by atoms with E-state index in [4.69, 9.17) is 0 Å². The lowest BCUT2D eigenvalue weighted by Crippen LogP contribution is -1.93. The summed E-state index contributed by atoms with van der Waals surface area (Å²) < 4.78 is 1.96. The Labute approximate surface area is 135 Å². The Morgan fingerprint density at radius 1 is 1.14 bits per heavy atom. The summed E-state index contributed by atoms with van der Waals surface area (Å²) >= 11 is 3.16. The van der Waals surface area contributed by atoms with Gasteiger partial charge in [-0.25, -0.2) is 4.98 Å². The molecule has 0 saturated heterocycles. The minimum absolute atomic E-state index is 0.620. The minimum atomic E-state index is 0.620. The van der Waals surface area contributed by atoms with Crippen molar-refractivity contribution in [1.82, 2.24) is 9.38 Å². The molecule has 0 aliphatic carbocycles. The van der Waals surface area contributed by atoms with Crippen LogP contribution >= 0.6 is 22.7 Å². The summed E-state index contributed by atoms with van der Waals surface area (Å²) in [7, 11) is 0. The molecule has 3 nitrogen and oxygen atoms in total. The molecule has 4 aromatic rings. The highest BCUT2D eigenvalue weighted by molar-refractivity contribution is 7.15. The van der Waals surface area contributed by atoms with Gasteiger partial charge in [0.2, 0.25) is 0 Å². The van der Waals surface area contributed by atoms with E-state index in [9.17, 15) is 4.79 Å². The molecule has 0 bridgehead atoms. The summed E-state index contributed by atoms with van der Waals surface area (Å²) in [4.78, 5) is 18.2. The molecule has 0 amide bonds.